The van der Waals surface area contributed by atoms with Gasteiger partial charge in [-0.05, 0) is 17.7 Å². The van der Waals surface area contributed by atoms with Gasteiger partial charge < -0.3 is 4.98 Å². The van der Waals surface area contributed by atoms with Gasteiger partial charge in [-0.25, -0.2) is 0 Å². The number of hydrogen-bond acceptors (Lipinski definition) is 1. The first-order valence-electron chi connectivity index (χ1n) is 4.05. The topological polar surface area (TPSA) is 39.6 Å². The molecule has 2 nitrogen and oxygen atoms in total. The highest BCUT2D eigenvalue weighted by molar-refractivity contribution is 6.45. The highest BCUT2D eigenvalue weighted by Crippen LogP contribution is 2.32. The molecule has 4 heteroatoms. The molecule has 0 aliphatic heterocycles. The number of H-pyrrole nitrogens is 1. The van der Waals surface area contributed by atoms with Crippen LogP contribution in [-0.2, 0) is 6.42 Å². The molecule has 1 aromatic heterocycles. The zero-order chi connectivity index (χ0) is 10.1. The number of nitrogens with one attached hydrogen (secondary N) is 1. The van der Waals surface area contributed by atoms with E-state index in [4.69, 9.17) is 28.5 Å². The summed E-state index contributed by atoms with van der Waals surface area (Å²) < 4.78 is 0. The molecule has 1 aromatic carbocycles. The smallest absolute Gasteiger partial charge is 0.0689 e. The van der Waals surface area contributed by atoms with Gasteiger partial charge in [0.05, 0.1) is 22.5 Å². The van der Waals surface area contributed by atoms with Crippen molar-refractivity contribution < 1.29 is 0 Å². The minimum absolute atomic E-state index is 0.333. The summed E-state index contributed by atoms with van der Waals surface area (Å²) in [7, 11) is 0. The molecule has 2 rings (SSSR count). The summed E-state index contributed by atoms with van der Waals surface area (Å²) in [5.41, 5.74) is 1.79. The molecule has 0 fully saturated rings. The van der Waals surface area contributed by atoms with Crippen molar-refractivity contribution in [1.82, 2.24) is 4.98 Å². The molecule has 0 aliphatic rings. The van der Waals surface area contributed by atoms with E-state index in [2.05, 4.69) is 11.1 Å². The maximum atomic E-state index is 8.62. The van der Waals surface area contributed by atoms with Gasteiger partial charge in [0.2, 0.25) is 0 Å². The lowest BCUT2D eigenvalue weighted by Crippen LogP contribution is -1.79. The van der Waals surface area contributed by atoms with Crippen LogP contribution in [0.2, 0.25) is 10.0 Å². The first-order valence-corrected chi connectivity index (χ1v) is 4.80. The number of hydrogen-bond donors (Lipinski definition) is 1. The van der Waals surface area contributed by atoms with Crippen LogP contribution < -0.4 is 0 Å². The van der Waals surface area contributed by atoms with Crippen molar-refractivity contribution in [2.24, 2.45) is 0 Å². The van der Waals surface area contributed by atoms with E-state index in [1.807, 2.05) is 6.07 Å². The van der Waals surface area contributed by atoms with Crippen molar-refractivity contribution in [3.8, 4) is 6.07 Å². The largest absolute Gasteiger partial charge is 0.361 e. The third kappa shape index (κ3) is 1.35. The number of fused-ring (bicyclic) bond motifs is 1. The van der Waals surface area contributed by atoms with Crippen molar-refractivity contribution in [1.29, 1.82) is 5.26 Å². The van der Waals surface area contributed by atoms with E-state index in [0.717, 1.165) is 16.5 Å². The zero-order valence-electron chi connectivity index (χ0n) is 7.14. The van der Waals surface area contributed by atoms with Crippen LogP contribution in [0.3, 0.4) is 0 Å². The van der Waals surface area contributed by atoms with E-state index < -0.39 is 0 Å². The highest BCUT2D eigenvalue weighted by atomic mass is 35.5. The average Bonchev–Trinajstić information content (AvgIpc) is 2.57. The first kappa shape index (κ1) is 9.39. The normalized spacial score (nSPS) is 10.4. The summed E-state index contributed by atoms with van der Waals surface area (Å²) in [6, 6.07) is 5.67. The maximum absolute atomic E-state index is 8.62. The Morgan fingerprint density at radius 1 is 1.36 bits per heavy atom. The third-order valence-electron chi connectivity index (χ3n) is 2.09. The highest BCUT2D eigenvalue weighted by Gasteiger charge is 2.09. The van der Waals surface area contributed by atoms with E-state index >= 15 is 0 Å². The monoisotopic (exact) mass is 224 g/mol. The number of aromatic nitrogens is 1. The van der Waals surface area contributed by atoms with Gasteiger partial charge in [0.1, 0.15) is 0 Å². The summed E-state index contributed by atoms with van der Waals surface area (Å²) >= 11 is 11.9. The van der Waals surface area contributed by atoms with E-state index in [-0.39, 0.29) is 0 Å². The second-order valence-corrected chi connectivity index (χ2v) is 3.72. The number of aromatic amines is 1. The van der Waals surface area contributed by atoms with Crippen molar-refractivity contribution in [2.75, 3.05) is 0 Å². The molecule has 0 unspecified atom stereocenters. The second kappa shape index (κ2) is 3.53. The van der Waals surface area contributed by atoms with Gasteiger partial charge in [-0.1, -0.05) is 23.2 Å². The van der Waals surface area contributed by atoms with Gasteiger partial charge in [0, 0.05) is 17.1 Å². The van der Waals surface area contributed by atoms with Crippen LogP contribution in [0.4, 0.5) is 0 Å². The van der Waals surface area contributed by atoms with Gasteiger partial charge in [-0.2, -0.15) is 5.26 Å². The molecule has 14 heavy (non-hydrogen) atoms. The SMILES string of the molecule is N#CCc1c[nH]c2ccc(Cl)c(Cl)c12. The fraction of sp³-hybridized carbons (Fsp3) is 0.100. The van der Waals surface area contributed by atoms with Gasteiger partial charge in [0.15, 0.2) is 0 Å². The van der Waals surface area contributed by atoms with Gasteiger partial charge in [0.25, 0.3) is 0 Å². The van der Waals surface area contributed by atoms with Crippen molar-refractivity contribution in [2.45, 2.75) is 6.42 Å². The van der Waals surface area contributed by atoms with E-state index in [9.17, 15) is 0 Å². The molecule has 1 N–H and O–H groups in total. The van der Waals surface area contributed by atoms with Crippen LogP contribution in [-0.4, -0.2) is 4.98 Å². The molecule has 1 heterocycles. The lowest BCUT2D eigenvalue weighted by Gasteiger charge is -1.98. The molecule has 2 aromatic rings. The summed E-state index contributed by atoms with van der Waals surface area (Å²) in [6.45, 7) is 0. The van der Waals surface area contributed by atoms with Gasteiger partial charge >= 0.3 is 0 Å². The molecular formula is C10H6Cl2N2. The van der Waals surface area contributed by atoms with E-state index in [0.29, 0.717) is 16.5 Å². The molecule has 0 atom stereocenters. The Bertz CT molecular complexity index is 523. The molecule has 0 aliphatic carbocycles. The Balaban J connectivity index is 2.77. The Morgan fingerprint density at radius 3 is 2.86 bits per heavy atom. The number of nitrogens with zero attached hydrogens (tertiary/aromatic N) is 1. The summed E-state index contributed by atoms with van der Waals surface area (Å²) in [4.78, 5) is 3.05. The fourth-order valence-corrected chi connectivity index (χ4v) is 1.89. The molecule has 0 bridgehead atoms. The molecular weight excluding hydrogens is 219 g/mol. The predicted octanol–water partition coefficient (Wildman–Crippen LogP) is 3.54. The lowest BCUT2D eigenvalue weighted by molar-refractivity contribution is 1.28. The van der Waals surface area contributed by atoms with Gasteiger partial charge in [-0.15, -0.1) is 0 Å². The predicted molar refractivity (Wildman–Crippen MR) is 57.6 cm³/mol. The first-order chi connectivity index (χ1) is 6.74. The van der Waals surface area contributed by atoms with Crippen LogP contribution >= 0.6 is 23.2 Å². The zero-order valence-corrected chi connectivity index (χ0v) is 8.65. The fourth-order valence-electron chi connectivity index (χ4n) is 1.45. The number of rotatable bonds is 1. The molecule has 0 amide bonds. The van der Waals surface area contributed by atoms with Gasteiger partial charge in [-0.3, -0.25) is 0 Å². The number of nitriles is 1. The summed E-state index contributed by atoms with van der Waals surface area (Å²) in [6.07, 6.45) is 2.12. The minimum Gasteiger partial charge on any atom is -0.361 e. The molecule has 0 saturated carbocycles. The molecule has 70 valence electrons. The lowest BCUT2D eigenvalue weighted by atomic mass is 10.1. The summed E-state index contributed by atoms with van der Waals surface area (Å²) in [5.74, 6) is 0. The minimum atomic E-state index is 0.333. The van der Waals surface area contributed by atoms with Crippen molar-refractivity contribution in [3.05, 3.63) is 33.9 Å². The number of benzene rings is 1. The summed E-state index contributed by atoms with van der Waals surface area (Å²) in [5, 5.41) is 10.5. The van der Waals surface area contributed by atoms with Crippen LogP contribution in [0.1, 0.15) is 5.56 Å². The quantitative estimate of drug-likeness (QED) is 0.791. The Hall–Kier alpha value is -1.17. The third-order valence-corrected chi connectivity index (χ3v) is 2.89. The van der Waals surface area contributed by atoms with Crippen molar-refractivity contribution >= 4 is 34.1 Å². The average molecular weight is 225 g/mol. The maximum Gasteiger partial charge on any atom is 0.0689 e. The van der Waals surface area contributed by atoms with Crippen LogP contribution in [0.25, 0.3) is 10.9 Å². The van der Waals surface area contributed by atoms with Crippen LogP contribution in [0.5, 0.6) is 0 Å². The molecule has 0 saturated heterocycles. The molecule has 0 spiro atoms. The van der Waals surface area contributed by atoms with E-state index in [1.54, 1.807) is 12.3 Å². The van der Waals surface area contributed by atoms with E-state index in [1.165, 1.54) is 0 Å². The van der Waals surface area contributed by atoms with Crippen molar-refractivity contribution in [3.63, 3.8) is 0 Å². The number of halogens is 2. The van der Waals surface area contributed by atoms with Crippen LogP contribution in [0.15, 0.2) is 18.3 Å². The Morgan fingerprint density at radius 2 is 2.14 bits per heavy atom. The van der Waals surface area contributed by atoms with Crippen LogP contribution in [0, 0.1) is 11.3 Å². The standard InChI is InChI=1S/C10H6Cl2N2/c11-7-1-2-8-9(10(7)12)6(3-4-13)5-14-8/h1-2,5,14H,3H2. The second-order valence-electron chi connectivity index (χ2n) is 2.93. The Kier molecular flexibility index (Phi) is 2.37. The Labute approximate surface area is 91.1 Å². The molecule has 0 radical (unpaired) electrons.